The van der Waals surface area contributed by atoms with E-state index >= 15 is 0 Å². The van der Waals surface area contributed by atoms with Crippen molar-refractivity contribution in [2.24, 2.45) is 16.6 Å². The van der Waals surface area contributed by atoms with Crippen LogP contribution in [0, 0.1) is 12.8 Å². The van der Waals surface area contributed by atoms with Gasteiger partial charge in [0.15, 0.2) is 5.96 Å². The summed E-state index contributed by atoms with van der Waals surface area (Å²) in [4.78, 5) is 5.85. The highest BCUT2D eigenvalue weighted by molar-refractivity contribution is 7.09. The quantitative estimate of drug-likeness (QED) is 0.644. The number of hydrogen-bond donors (Lipinski definition) is 2. The molecule has 22 heavy (non-hydrogen) atoms. The third-order valence-corrected chi connectivity index (χ3v) is 4.94. The first-order valence-corrected chi connectivity index (χ1v) is 8.55. The van der Waals surface area contributed by atoms with Crippen molar-refractivity contribution >= 4 is 17.3 Å². The Kier molecular flexibility index (Phi) is 4.72. The lowest BCUT2D eigenvalue weighted by molar-refractivity contribution is 0.370. The standard InChI is InChI=1S/C15H22N6S/c1-11-19-20-14-5-4-12(10-21(11)14)9-18-15(16)17-7-6-13-3-2-8-22-13/h2-3,8,12H,4-7,9-10H2,1H3,(H3,16,17,18). The van der Waals surface area contributed by atoms with Gasteiger partial charge < -0.3 is 15.6 Å². The van der Waals surface area contributed by atoms with Gasteiger partial charge in [-0.3, -0.25) is 4.99 Å². The largest absolute Gasteiger partial charge is 0.370 e. The Hall–Kier alpha value is -1.89. The Morgan fingerprint density at radius 3 is 3.27 bits per heavy atom. The van der Waals surface area contributed by atoms with Crippen LogP contribution >= 0.6 is 11.3 Å². The molecule has 0 saturated carbocycles. The zero-order chi connectivity index (χ0) is 15.4. The molecule has 3 N–H and O–H groups in total. The maximum atomic E-state index is 5.95. The highest BCUT2D eigenvalue weighted by Crippen LogP contribution is 2.19. The van der Waals surface area contributed by atoms with Crippen LogP contribution in [0.2, 0.25) is 0 Å². The molecule has 0 spiro atoms. The molecule has 0 amide bonds. The van der Waals surface area contributed by atoms with Crippen molar-refractivity contribution in [3.05, 3.63) is 34.0 Å². The Morgan fingerprint density at radius 1 is 1.55 bits per heavy atom. The van der Waals surface area contributed by atoms with E-state index in [0.29, 0.717) is 11.9 Å². The van der Waals surface area contributed by atoms with E-state index in [1.165, 1.54) is 4.88 Å². The topological polar surface area (TPSA) is 81.1 Å². The molecule has 118 valence electrons. The minimum atomic E-state index is 0.514. The van der Waals surface area contributed by atoms with Crippen molar-refractivity contribution < 1.29 is 0 Å². The van der Waals surface area contributed by atoms with Crippen LogP contribution < -0.4 is 11.1 Å². The third-order valence-electron chi connectivity index (χ3n) is 4.01. The number of aliphatic imine (C=N–C) groups is 1. The number of aryl methyl sites for hydroxylation is 2. The molecule has 0 fully saturated rings. The smallest absolute Gasteiger partial charge is 0.188 e. The second-order valence-electron chi connectivity index (χ2n) is 5.66. The number of nitrogens with two attached hydrogens (primary N) is 1. The van der Waals surface area contributed by atoms with Gasteiger partial charge >= 0.3 is 0 Å². The van der Waals surface area contributed by atoms with Crippen molar-refractivity contribution in [2.75, 3.05) is 13.1 Å². The van der Waals surface area contributed by atoms with Crippen LogP contribution in [0.4, 0.5) is 0 Å². The van der Waals surface area contributed by atoms with Gasteiger partial charge in [-0.15, -0.1) is 21.5 Å². The van der Waals surface area contributed by atoms with Crippen LogP contribution in [0.1, 0.15) is 22.9 Å². The van der Waals surface area contributed by atoms with Crippen LogP contribution in [0.3, 0.4) is 0 Å². The van der Waals surface area contributed by atoms with E-state index in [1.54, 1.807) is 11.3 Å². The van der Waals surface area contributed by atoms with Gasteiger partial charge in [-0.25, -0.2) is 0 Å². The van der Waals surface area contributed by atoms with Crippen LogP contribution in [-0.2, 0) is 19.4 Å². The second kappa shape index (κ2) is 6.91. The number of nitrogens with one attached hydrogen (secondary N) is 1. The van der Waals surface area contributed by atoms with Gasteiger partial charge in [-0.05, 0) is 37.1 Å². The fourth-order valence-corrected chi connectivity index (χ4v) is 3.44. The second-order valence-corrected chi connectivity index (χ2v) is 6.69. The van der Waals surface area contributed by atoms with Gasteiger partial charge in [0.2, 0.25) is 0 Å². The maximum Gasteiger partial charge on any atom is 0.188 e. The first-order valence-electron chi connectivity index (χ1n) is 7.67. The summed E-state index contributed by atoms with van der Waals surface area (Å²) in [5.74, 6) is 3.15. The van der Waals surface area contributed by atoms with Crippen LogP contribution in [0.5, 0.6) is 0 Å². The van der Waals surface area contributed by atoms with Crippen LogP contribution in [-0.4, -0.2) is 33.8 Å². The third kappa shape index (κ3) is 3.65. The van der Waals surface area contributed by atoms with E-state index in [0.717, 1.165) is 50.5 Å². The lowest BCUT2D eigenvalue weighted by Gasteiger charge is -2.22. The van der Waals surface area contributed by atoms with Gasteiger partial charge in [0.25, 0.3) is 0 Å². The van der Waals surface area contributed by atoms with Gasteiger partial charge in [0.1, 0.15) is 11.6 Å². The highest BCUT2D eigenvalue weighted by Gasteiger charge is 2.21. The normalized spacial score (nSPS) is 18.2. The number of guanidine groups is 1. The molecule has 1 aliphatic heterocycles. The fourth-order valence-electron chi connectivity index (χ4n) is 2.73. The summed E-state index contributed by atoms with van der Waals surface area (Å²) in [6.45, 7) is 4.53. The number of aromatic nitrogens is 3. The molecular weight excluding hydrogens is 296 g/mol. The van der Waals surface area contributed by atoms with Crippen molar-refractivity contribution in [3.63, 3.8) is 0 Å². The van der Waals surface area contributed by atoms with Crippen molar-refractivity contribution in [1.29, 1.82) is 0 Å². The number of nitrogens with zero attached hydrogens (tertiary/aromatic N) is 4. The molecule has 0 aliphatic carbocycles. The van der Waals surface area contributed by atoms with E-state index in [4.69, 9.17) is 5.73 Å². The molecule has 6 nitrogen and oxygen atoms in total. The molecule has 1 unspecified atom stereocenters. The minimum absolute atomic E-state index is 0.514. The van der Waals surface area contributed by atoms with E-state index in [2.05, 4.69) is 42.6 Å². The SMILES string of the molecule is Cc1nnc2n1CC(CN=C(N)NCCc1cccs1)CC2. The molecule has 0 radical (unpaired) electrons. The molecular formula is C15H22N6S. The number of thiophene rings is 1. The molecule has 1 aliphatic rings. The molecule has 2 aromatic heterocycles. The lowest BCUT2D eigenvalue weighted by atomic mass is 9.99. The molecule has 3 heterocycles. The first-order chi connectivity index (χ1) is 10.7. The van der Waals surface area contributed by atoms with E-state index in [9.17, 15) is 0 Å². The van der Waals surface area contributed by atoms with Gasteiger partial charge in [-0.1, -0.05) is 6.07 Å². The summed E-state index contributed by atoms with van der Waals surface area (Å²) < 4.78 is 2.20. The summed E-state index contributed by atoms with van der Waals surface area (Å²) >= 11 is 1.77. The zero-order valence-electron chi connectivity index (χ0n) is 12.8. The predicted molar refractivity (Wildman–Crippen MR) is 89.1 cm³/mol. The summed E-state index contributed by atoms with van der Waals surface area (Å²) in [5.41, 5.74) is 5.95. The summed E-state index contributed by atoms with van der Waals surface area (Å²) in [5, 5.41) is 13.6. The number of hydrogen-bond acceptors (Lipinski definition) is 4. The average Bonchev–Trinajstić information content (AvgIpc) is 3.16. The van der Waals surface area contributed by atoms with Gasteiger partial charge in [0.05, 0.1) is 0 Å². The fraction of sp³-hybridized carbons (Fsp3) is 0.533. The van der Waals surface area contributed by atoms with E-state index < -0.39 is 0 Å². The maximum absolute atomic E-state index is 5.95. The Labute approximate surface area is 134 Å². The Morgan fingerprint density at radius 2 is 2.45 bits per heavy atom. The van der Waals surface area contributed by atoms with E-state index in [-0.39, 0.29) is 0 Å². The molecule has 0 aromatic carbocycles. The van der Waals surface area contributed by atoms with Crippen LogP contribution in [0.15, 0.2) is 22.5 Å². The first kappa shape index (κ1) is 15.0. The molecule has 0 bridgehead atoms. The van der Waals surface area contributed by atoms with Crippen LogP contribution in [0.25, 0.3) is 0 Å². The number of rotatable bonds is 5. The predicted octanol–water partition coefficient (Wildman–Crippen LogP) is 1.36. The molecule has 3 rings (SSSR count). The van der Waals surface area contributed by atoms with Crippen molar-refractivity contribution in [1.82, 2.24) is 20.1 Å². The highest BCUT2D eigenvalue weighted by atomic mass is 32.1. The summed E-state index contributed by atoms with van der Waals surface area (Å²) in [6.07, 6.45) is 3.07. The molecule has 7 heteroatoms. The molecule has 0 saturated heterocycles. The summed E-state index contributed by atoms with van der Waals surface area (Å²) in [7, 11) is 0. The van der Waals surface area contributed by atoms with Crippen molar-refractivity contribution in [2.45, 2.75) is 32.7 Å². The zero-order valence-corrected chi connectivity index (χ0v) is 13.6. The van der Waals surface area contributed by atoms with Gasteiger partial charge in [0, 0.05) is 30.9 Å². The molecule has 2 aromatic rings. The Balaban J connectivity index is 1.44. The number of fused-ring (bicyclic) bond motifs is 1. The van der Waals surface area contributed by atoms with E-state index in [1.807, 2.05) is 6.92 Å². The average molecular weight is 318 g/mol. The molecule has 1 atom stereocenters. The summed E-state index contributed by atoms with van der Waals surface area (Å²) in [6, 6.07) is 4.21. The van der Waals surface area contributed by atoms with Gasteiger partial charge in [-0.2, -0.15) is 0 Å². The minimum Gasteiger partial charge on any atom is -0.370 e. The lowest BCUT2D eigenvalue weighted by Crippen LogP contribution is -2.34. The Bertz CT molecular complexity index is 631. The van der Waals surface area contributed by atoms with Crippen molar-refractivity contribution in [3.8, 4) is 0 Å². The monoisotopic (exact) mass is 318 g/mol.